The Morgan fingerprint density at radius 3 is 2.45 bits per heavy atom. The number of hydrogen-bond donors (Lipinski definition) is 1. The van der Waals surface area contributed by atoms with E-state index in [4.69, 9.17) is 0 Å². The molecule has 2 bridgehead atoms. The first-order valence-corrected chi connectivity index (χ1v) is 8.21. The van der Waals surface area contributed by atoms with E-state index in [2.05, 4.69) is 24.1 Å². The predicted octanol–water partition coefficient (Wildman–Crippen LogP) is 2.98. The van der Waals surface area contributed by atoms with Crippen molar-refractivity contribution >= 4 is 18.3 Å². The molecule has 3 nitrogen and oxygen atoms in total. The van der Waals surface area contributed by atoms with Gasteiger partial charge in [-0.2, -0.15) is 0 Å². The molecule has 1 amide bonds. The molecule has 0 aromatic carbocycles. The van der Waals surface area contributed by atoms with Gasteiger partial charge in [0.05, 0.1) is 0 Å². The fourth-order valence-electron chi connectivity index (χ4n) is 4.55. The van der Waals surface area contributed by atoms with Crippen molar-refractivity contribution < 1.29 is 4.79 Å². The predicted molar refractivity (Wildman–Crippen MR) is 84.1 cm³/mol. The summed E-state index contributed by atoms with van der Waals surface area (Å²) in [6, 6.07) is 1.92. The molecule has 0 saturated carbocycles. The molecule has 20 heavy (non-hydrogen) atoms. The Morgan fingerprint density at radius 2 is 1.85 bits per heavy atom. The number of carbonyl (C=O) groups excluding carboxylic acids is 1. The molecule has 3 heterocycles. The number of nitrogens with one attached hydrogen (secondary N) is 1. The number of fused-ring (bicyclic) bond motifs is 2. The van der Waals surface area contributed by atoms with Crippen LogP contribution in [0, 0.1) is 11.8 Å². The number of rotatable bonds is 3. The van der Waals surface area contributed by atoms with Crippen molar-refractivity contribution in [1.82, 2.24) is 10.2 Å². The van der Waals surface area contributed by atoms with Gasteiger partial charge in [0, 0.05) is 31.1 Å². The minimum absolute atomic E-state index is 0. The number of hydrogen-bond acceptors (Lipinski definition) is 2. The van der Waals surface area contributed by atoms with Crippen molar-refractivity contribution in [2.75, 3.05) is 6.54 Å². The van der Waals surface area contributed by atoms with Gasteiger partial charge in [-0.05, 0) is 50.4 Å². The second kappa shape index (κ2) is 6.65. The third kappa shape index (κ3) is 3.30. The summed E-state index contributed by atoms with van der Waals surface area (Å²) >= 11 is 0. The largest absolute Gasteiger partial charge is 0.339 e. The fraction of sp³-hybridized carbons (Fsp3) is 0.938. The van der Waals surface area contributed by atoms with Crippen LogP contribution in [-0.4, -0.2) is 35.5 Å². The molecular weight excluding hydrogens is 272 g/mol. The smallest absolute Gasteiger partial charge is 0.223 e. The summed E-state index contributed by atoms with van der Waals surface area (Å²) in [6.07, 6.45) is 8.23. The summed E-state index contributed by atoms with van der Waals surface area (Å²) in [4.78, 5) is 14.8. The number of likely N-dealkylation sites (tertiary alicyclic amines) is 1. The monoisotopic (exact) mass is 300 g/mol. The molecule has 0 spiro atoms. The van der Waals surface area contributed by atoms with Crippen LogP contribution in [0.1, 0.15) is 58.8 Å². The lowest BCUT2D eigenvalue weighted by Crippen LogP contribution is -2.41. The van der Waals surface area contributed by atoms with Crippen molar-refractivity contribution in [3.05, 3.63) is 0 Å². The standard InChI is InChI=1S/C16H28N2O.ClH/c1-3-15-6-11(2)10-18(15)16(19)9-12-7-13-4-5-14(8-12)17-13;/h11-15,17H,3-10H2,1-2H3;1H. The van der Waals surface area contributed by atoms with E-state index < -0.39 is 0 Å². The Labute approximate surface area is 129 Å². The van der Waals surface area contributed by atoms with Crippen molar-refractivity contribution in [1.29, 1.82) is 0 Å². The minimum atomic E-state index is 0. The molecule has 3 rings (SSSR count). The van der Waals surface area contributed by atoms with E-state index in [-0.39, 0.29) is 12.4 Å². The van der Waals surface area contributed by atoms with Gasteiger partial charge in [-0.3, -0.25) is 4.79 Å². The Hall–Kier alpha value is -0.280. The van der Waals surface area contributed by atoms with Crippen molar-refractivity contribution in [3.63, 3.8) is 0 Å². The zero-order valence-electron chi connectivity index (χ0n) is 12.8. The zero-order chi connectivity index (χ0) is 13.4. The second-order valence-electron chi connectivity index (χ2n) is 7.13. The van der Waals surface area contributed by atoms with E-state index in [1.54, 1.807) is 0 Å². The van der Waals surface area contributed by atoms with Gasteiger partial charge in [0.15, 0.2) is 0 Å². The highest BCUT2D eigenvalue weighted by molar-refractivity contribution is 5.85. The van der Waals surface area contributed by atoms with Crippen LogP contribution in [0.3, 0.4) is 0 Å². The molecule has 4 atom stereocenters. The van der Waals surface area contributed by atoms with Gasteiger partial charge in [-0.1, -0.05) is 13.8 Å². The van der Waals surface area contributed by atoms with Gasteiger partial charge in [-0.25, -0.2) is 0 Å². The SMILES string of the molecule is CCC1CC(C)CN1C(=O)CC1CC2CCC(C1)N2.Cl. The Morgan fingerprint density at radius 1 is 1.20 bits per heavy atom. The van der Waals surface area contributed by atoms with Crippen LogP contribution in [0.2, 0.25) is 0 Å². The maximum Gasteiger partial charge on any atom is 0.223 e. The Balaban J connectivity index is 0.00000147. The van der Waals surface area contributed by atoms with Gasteiger partial charge in [0.2, 0.25) is 5.91 Å². The number of piperidine rings is 1. The third-order valence-electron chi connectivity index (χ3n) is 5.45. The molecule has 3 aliphatic heterocycles. The molecule has 0 aromatic rings. The van der Waals surface area contributed by atoms with E-state index in [0.717, 1.165) is 19.4 Å². The first-order valence-electron chi connectivity index (χ1n) is 8.21. The quantitative estimate of drug-likeness (QED) is 0.869. The maximum absolute atomic E-state index is 12.6. The highest BCUT2D eigenvalue weighted by Gasteiger charge is 2.37. The summed E-state index contributed by atoms with van der Waals surface area (Å²) in [5, 5.41) is 3.67. The maximum atomic E-state index is 12.6. The van der Waals surface area contributed by atoms with Crippen LogP contribution >= 0.6 is 12.4 Å². The number of carbonyl (C=O) groups is 1. The fourth-order valence-corrected chi connectivity index (χ4v) is 4.55. The average Bonchev–Trinajstić information content (AvgIpc) is 2.92. The minimum Gasteiger partial charge on any atom is -0.339 e. The lowest BCUT2D eigenvalue weighted by Gasteiger charge is -2.31. The Bertz CT molecular complexity index is 337. The molecule has 0 aliphatic carbocycles. The van der Waals surface area contributed by atoms with Crippen LogP contribution in [0.5, 0.6) is 0 Å². The lowest BCUT2D eigenvalue weighted by molar-refractivity contribution is -0.133. The van der Waals surface area contributed by atoms with Crippen LogP contribution in [0.15, 0.2) is 0 Å². The topological polar surface area (TPSA) is 32.3 Å². The van der Waals surface area contributed by atoms with E-state index in [0.29, 0.717) is 35.9 Å². The molecule has 3 aliphatic rings. The van der Waals surface area contributed by atoms with Crippen LogP contribution in [0.4, 0.5) is 0 Å². The number of amides is 1. The van der Waals surface area contributed by atoms with Crippen molar-refractivity contribution in [2.24, 2.45) is 11.8 Å². The van der Waals surface area contributed by atoms with Crippen molar-refractivity contribution in [2.45, 2.75) is 76.9 Å². The summed E-state index contributed by atoms with van der Waals surface area (Å²) in [6.45, 7) is 5.49. The van der Waals surface area contributed by atoms with E-state index >= 15 is 0 Å². The van der Waals surface area contributed by atoms with Gasteiger partial charge < -0.3 is 10.2 Å². The van der Waals surface area contributed by atoms with Crippen LogP contribution in [0.25, 0.3) is 0 Å². The zero-order valence-corrected chi connectivity index (χ0v) is 13.6. The van der Waals surface area contributed by atoms with E-state index in [1.165, 1.54) is 32.1 Å². The molecular formula is C16H29ClN2O. The van der Waals surface area contributed by atoms with Crippen molar-refractivity contribution in [3.8, 4) is 0 Å². The molecule has 1 N–H and O–H groups in total. The first kappa shape index (κ1) is 16.1. The van der Waals surface area contributed by atoms with E-state index in [9.17, 15) is 4.79 Å². The second-order valence-corrected chi connectivity index (χ2v) is 7.13. The molecule has 3 saturated heterocycles. The molecule has 4 heteroatoms. The summed E-state index contributed by atoms with van der Waals surface area (Å²) in [7, 11) is 0. The highest BCUT2D eigenvalue weighted by atomic mass is 35.5. The average molecular weight is 301 g/mol. The third-order valence-corrected chi connectivity index (χ3v) is 5.45. The number of nitrogens with zero attached hydrogens (tertiary/aromatic N) is 1. The lowest BCUT2D eigenvalue weighted by atomic mass is 9.89. The van der Waals surface area contributed by atoms with Gasteiger partial charge in [0.1, 0.15) is 0 Å². The molecule has 0 radical (unpaired) electrons. The number of halogens is 1. The molecule has 116 valence electrons. The highest BCUT2D eigenvalue weighted by Crippen LogP contribution is 2.34. The Kier molecular flexibility index (Phi) is 5.36. The van der Waals surface area contributed by atoms with E-state index in [1.807, 2.05) is 0 Å². The normalized spacial score (nSPS) is 39.7. The molecule has 4 unspecified atom stereocenters. The summed E-state index contributed by atoms with van der Waals surface area (Å²) < 4.78 is 0. The summed E-state index contributed by atoms with van der Waals surface area (Å²) in [5.41, 5.74) is 0. The first-order chi connectivity index (χ1) is 9.15. The molecule has 3 fully saturated rings. The van der Waals surface area contributed by atoms with Crippen LogP contribution in [-0.2, 0) is 4.79 Å². The summed E-state index contributed by atoms with van der Waals surface area (Å²) in [5.74, 6) is 1.76. The van der Waals surface area contributed by atoms with Gasteiger partial charge in [-0.15, -0.1) is 12.4 Å². The van der Waals surface area contributed by atoms with Gasteiger partial charge >= 0.3 is 0 Å². The van der Waals surface area contributed by atoms with Gasteiger partial charge in [0.25, 0.3) is 0 Å². The van der Waals surface area contributed by atoms with Crippen LogP contribution < -0.4 is 5.32 Å². The molecule has 0 aromatic heterocycles.